The zero-order chi connectivity index (χ0) is 15.2. The number of carboxylic acid groups (broad SMARTS) is 1. The van der Waals surface area contributed by atoms with E-state index < -0.39 is 5.97 Å². The molecule has 0 aliphatic carbocycles. The van der Waals surface area contributed by atoms with E-state index in [0.717, 1.165) is 13.0 Å². The number of hydrogen-bond acceptors (Lipinski definition) is 6. The van der Waals surface area contributed by atoms with Crippen molar-refractivity contribution in [3.63, 3.8) is 0 Å². The van der Waals surface area contributed by atoms with Crippen LogP contribution in [-0.2, 0) is 0 Å². The van der Waals surface area contributed by atoms with E-state index in [1.165, 1.54) is 12.3 Å². The van der Waals surface area contributed by atoms with Crippen LogP contribution in [0.15, 0.2) is 23.5 Å². The van der Waals surface area contributed by atoms with Gasteiger partial charge in [0.25, 0.3) is 0 Å². The highest BCUT2D eigenvalue weighted by atomic mass is 16.4. The van der Waals surface area contributed by atoms with Crippen molar-refractivity contribution in [2.24, 2.45) is 4.99 Å². The largest absolute Gasteiger partial charge is 0.478 e. The first-order valence-corrected chi connectivity index (χ1v) is 6.10. The molecule has 108 valence electrons. The quantitative estimate of drug-likeness (QED) is 0.613. The van der Waals surface area contributed by atoms with E-state index in [0.29, 0.717) is 11.6 Å². The molecule has 0 atom stereocenters. The Morgan fingerprint density at radius 2 is 2.20 bits per heavy atom. The lowest BCUT2D eigenvalue weighted by molar-refractivity contribution is 0.0696. The first kappa shape index (κ1) is 15.6. The Kier molecular flexibility index (Phi) is 5.19. The molecule has 1 aromatic heterocycles. The van der Waals surface area contributed by atoms with Crippen molar-refractivity contribution in [1.82, 2.24) is 10.3 Å². The summed E-state index contributed by atoms with van der Waals surface area (Å²) in [6.45, 7) is 7.43. The van der Waals surface area contributed by atoms with Crippen LogP contribution in [0.25, 0.3) is 0 Å². The van der Waals surface area contributed by atoms with Crippen molar-refractivity contribution >= 4 is 24.3 Å². The first-order valence-electron chi connectivity index (χ1n) is 6.10. The molecule has 7 heteroatoms. The van der Waals surface area contributed by atoms with Crippen molar-refractivity contribution < 1.29 is 9.90 Å². The Morgan fingerprint density at radius 1 is 1.50 bits per heavy atom. The summed E-state index contributed by atoms with van der Waals surface area (Å²) in [6.07, 6.45) is 3.84. The molecular formula is C13H19N5O2. The predicted octanol–water partition coefficient (Wildman–Crippen LogP) is 1.59. The van der Waals surface area contributed by atoms with Gasteiger partial charge in [-0.15, -0.1) is 0 Å². The molecule has 0 saturated heterocycles. The van der Waals surface area contributed by atoms with Gasteiger partial charge in [0.15, 0.2) is 5.96 Å². The lowest BCUT2D eigenvalue weighted by Crippen LogP contribution is -2.49. The second kappa shape index (κ2) is 6.65. The second-order valence-electron chi connectivity index (χ2n) is 4.88. The minimum Gasteiger partial charge on any atom is -0.478 e. The molecule has 7 nitrogen and oxygen atoms in total. The van der Waals surface area contributed by atoms with Crippen LogP contribution < -0.4 is 10.6 Å². The van der Waals surface area contributed by atoms with Crippen LogP contribution >= 0.6 is 0 Å². The minimum absolute atomic E-state index is 0.0120. The molecule has 20 heavy (non-hydrogen) atoms. The van der Waals surface area contributed by atoms with Crippen LogP contribution in [0.4, 0.5) is 5.69 Å². The van der Waals surface area contributed by atoms with Gasteiger partial charge in [-0.05, 0) is 33.1 Å². The van der Waals surface area contributed by atoms with Gasteiger partial charge in [0.1, 0.15) is 0 Å². The molecule has 0 unspecified atom stereocenters. The fourth-order valence-electron chi connectivity index (χ4n) is 1.70. The molecule has 1 aliphatic heterocycles. The Labute approximate surface area is 117 Å². The normalized spacial score (nSPS) is 16.0. The molecular weight excluding hydrogens is 258 g/mol. The van der Waals surface area contributed by atoms with Gasteiger partial charge in [0.05, 0.1) is 17.4 Å². The molecule has 0 radical (unpaired) electrons. The highest BCUT2D eigenvalue weighted by molar-refractivity contribution is 5.96. The van der Waals surface area contributed by atoms with Gasteiger partial charge >= 0.3 is 5.97 Å². The number of guanidine groups is 1. The molecule has 2 heterocycles. The third-order valence-electron chi connectivity index (χ3n) is 2.71. The van der Waals surface area contributed by atoms with Crippen molar-refractivity contribution in [1.29, 1.82) is 5.41 Å². The Morgan fingerprint density at radius 3 is 2.80 bits per heavy atom. The van der Waals surface area contributed by atoms with Gasteiger partial charge in [0, 0.05) is 18.3 Å². The number of rotatable bonds is 2. The number of anilines is 1. The van der Waals surface area contributed by atoms with Gasteiger partial charge < -0.3 is 21.1 Å². The van der Waals surface area contributed by atoms with E-state index in [1.807, 2.05) is 0 Å². The zero-order valence-electron chi connectivity index (χ0n) is 11.6. The first-order chi connectivity index (χ1) is 9.46. The number of carbonyl (C=O) groups is 1. The van der Waals surface area contributed by atoms with E-state index in [2.05, 4.69) is 41.2 Å². The highest BCUT2D eigenvalue weighted by Crippen LogP contribution is 2.14. The van der Waals surface area contributed by atoms with Crippen molar-refractivity contribution in [3.8, 4) is 0 Å². The van der Waals surface area contributed by atoms with Crippen molar-refractivity contribution in [2.45, 2.75) is 25.8 Å². The van der Waals surface area contributed by atoms with Gasteiger partial charge in [0.2, 0.25) is 0 Å². The number of carboxylic acids is 1. The lowest BCUT2D eigenvalue weighted by Gasteiger charge is -2.31. The summed E-state index contributed by atoms with van der Waals surface area (Å²) < 4.78 is 0. The molecule has 2 rings (SSSR count). The molecule has 0 spiro atoms. The third-order valence-corrected chi connectivity index (χ3v) is 2.71. The number of pyridine rings is 1. The van der Waals surface area contributed by atoms with Crippen molar-refractivity contribution in [3.05, 3.63) is 24.0 Å². The number of aliphatic imine (C=N–C) groups is 1. The summed E-state index contributed by atoms with van der Waals surface area (Å²) in [5, 5.41) is 20.7. The van der Waals surface area contributed by atoms with Gasteiger partial charge in [-0.25, -0.2) is 4.79 Å². The topological polar surface area (TPSA) is 110 Å². The standard InChI is InChI=1S/C12H16N4O2.CH3N/c1-12(2)3-4-14-11(16-12)15-9-5-8(10(17)18)6-13-7-9;1-2/h5-7H,3-4H2,1-2H3,(H,17,18)(H2,14,15,16);2H,1H2. The Bertz CT molecular complexity index is 513. The molecule has 1 aromatic rings. The molecule has 1 aliphatic rings. The fourth-order valence-corrected chi connectivity index (χ4v) is 1.70. The highest BCUT2D eigenvalue weighted by Gasteiger charge is 2.22. The average Bonchev–Trinajstić information content (AvgIpc) is 2.40. The van der Waals surface area contributed by atoms with E-state index in [9.17, 15) is 4.79 Å². The predicted molar refractivity (Wildman–Crippen MR) is 78.8 cm³/mol. The van der Waals surface area contributed by atoms with Crippen LogP contribution in [-0.4, -0.2) is 40.8 Å². The van der Waals surface area contributed by atoms with Crippen LogP contribution in [0.2, 0.25) is 0 Å². The van der Waals surface area contributed by atoms with Crippen LogP contribution in [0, 0.1) is 5.41 Å². The summed E-state index contributed by atoms with van der Waals surface area (Å²) in [4.78, 5) is 19.0. The SMILES string of the molecule is C=N.CC1(C)CCN=C(Nc2cncc(C(=O)O)c2)N1. The van der Waals surface area contributed by atoms with Crippen molar-refractivity contribution in [2.75, 3.05) is 11.9 Å². The Hall–Kier alpha value is -2.44. The monoisotopic (exact) mass is 277 g/mol. The number of nitrogens with zero attached hydrogens (tertiary/aromatic N) is 2. The van der Waals surface area contributed by atoms with Gasteiger partial charge in [-0.1, -0.05) is 0 Å². The summed E-state index contributed by atoms with van der Waals surface area (Å²) in [7, 11) is 0. The number of nitrogens with one attached hydrogen (secondary N) is 3. The minimum atomic E-state index is -0.995. The average molecular weight is 277 g/mol. The summed E-state index contributed by atoms with van der Waals surface area (Å²) in [6, 6.07) is 1.53. The molecule has 0 bridgehead atoms. The third kappa shape index (κ3) is 4.34. The zero-order valence-corrected chi connectivity index (χ0v) is 11.6. The summed E-state index contributed by atoms with van der Waals surface area (Å²) in [5.41, 5.74) is 0.747. The second-order valence-corrected chi connectivity index (χ2v) is 4.88. The van der Waals surface area contributed by atoms with Gasteiger partial charge in [-0.2, -0.15) is 0 Å². The maximum Gasteiger partial charge on any atom is 0.337 e. The van der Waals surface area contributed by atoms with E-state index in [1.54, 1.807) is 6.20 Å². The van der Waals surface area contributed by atoms with E-state index in [4.69, 9.17) is 10.5 Å². The van der Waals surface area contributed by atoms with Crippen LogP contribution in [0.5, 0.6) is 0 Å². The molecule has 0 saturated carbocycles. The van der Waals surface area contributed by atoms with Crippen LogP contribution in [0.3, 0.4) is 0 Å². The molecule has 0 fully saturated rings. The fraction of sp³-hybridized carbons (Fsp3) is 0.385. The number of hydrogen-bond donors (Lipinski definition) is 4. The molecule has 0 aromatic carbocycles. The lowest BCUT2D eigenvalue weighted by atomic mass is 10.00. The maximum absolute atomic E-state index is 10.8. The number of aromatic carboxylic acids is 1. The smallest absolute Gasteiger partial charge is 0.337 e. The summed E-state index contributed by atoms with van der Waals surface area (Å²) in [5.74, 6) is -0.347. The van der Waals surface area contributed by atoms with Gasteiger partial charge in [-0.3, -0.25) is 9.98 Å². The molecule has 4 N–H and O–H groups in total. The van der Waals surface area contributed by atoms with Crippen LogP contribution in [0.1, 0.15) is 30.6 Å². The maximum atomic E-state index is 10.8. The Balaban J connectivity index is 0.000000956. The molecule has 0 amide bonds. The van der Waals surface area contributed by atoms with E-state index in [-0.39, 0.29) is 11.1 Å². The number of aromatic nitrogens is 1. The summed E-state index contributed by atoms with van der Waals surface area (Å²) >= 11 is 0. The van der Waals surface area contributed by atoms with E-state index >= 15 is 0 Å².